The summed E-state index contributed by atoms with van der Waals surface area (Å²) in [6.07, 6.45) is 7.42. The monoisotopic (exact) mass is 422 g/mol. The Morgan fingerprint density at radius 3 is 2.20 bits per heavy atom. The van der Waals surface area contributed by atoms with E-state index in [1.54, 1.807) is 0 Å². The van der Waals surface area contributed by atoms with Gasteiger partial charge in [-0.1, -0.05) is 41.0 Å². The summed E-state index contributed by atoms with van der Waals surface area (Å²) in [4.78, 5) is 26.2. The number of ether oxygens (including phenoxy) is 2. The highest BCUT2D eigenvalue weighted by molar-refractivity contribution is 5.77. The van der Waals surface area contributed by atoms with Gasteiger partial charge in [0, 0.05) is 5.92 Å². The molecule has 0 heterocycles. The molecule has 0 aromatic carbocycles. The standard InChI is InChI=1S/C26H46O4/c1-9-12-19(10-2)25(6,7)30-23(27)21-14-18-13-20(21)22(15-18)29-24(28)26(8,11-3)16-17(4)5/h17-22H,9-16H2,1-8H3. The Morgan fingerprint density at radius 2 is 1.70 bits per heavy atom. The van der Waals surface area contributed by atoms with Crippen LogP contribution in [0, 0.1) is 35.0 Å². The summed E-state index contributed by atoms with van der Waals surface area (Å²) < 4.78 is 12.2. The number of rotatable bonds is 11. The molecule has 0 aromatic rings. The quantitative estimate of drug-likeness (QED) is 0.354. The van der Waals surface area contributed by atoms with Crippen molar-refractivity contribution in [2.24, 2.45) is 35.0 Å². The molecule has 174 valence electrons. The molecule has 2 bridgehead atoms. The molecular weight excluding hydrogens is 376 g/mol. The zero-order valence-corrected chi connectivity index (χ0v) is 20.8. The smallest absolute Gasteiger partial charge is 0.312 e. The third kappa shape index (κ3) is 5.59. The third-order valence-corrected chi connectivity index (χ3v) is 7.92. The zero-order chi connectivity index (χ0) is 22.7. The number of esters is 2. The summed E-state index contributed by atoms with van der Waals surface area (Å²) in [5.41, 5.74) is -0.892. The van der Waals surface area contributed by atoms with Crippen LogP contribution in [0.25, 0.3) is 0 Å². The lowest BCUT2D eigenvalue weighted by atomic mass is 9.79. The van der Waals surface area contributed by atoms with Crippen molar-refractivity contribution in [2.45, 2.75) is 118 Å². The molecule has 0 amide bonds. The van der Waals surface area contributed by atoms with E-state index in [9.17, 15) is 9.59 Å². The topological polar surface area (TPSA) is 52.6 Å². The molecule has 2 fully saturated rings. The fourth-order valence-corrected chi connectivity index (χ4v) is 6.06. The van der Waals surface area contributed by atoms with Crippen molar-refractivity contribution in [2.75, 3.05) is 0 Å². The van der Waals surface area contributed by atoms with Crippen LogP contribution in [0.2, 0.25) is 0 Å². The largest absolute Gasteiger partial charge is 0.462 e. The fraction of sp³-hybridized carbons (Fsp3) is 0.923. The Hall–Kier alpha value is -1.06. The van der Waals surface area contributed by atoms with Crippen molar-refractivity contribution in [1.82, 2.24) is 0 Å². The molecular formula is C26H46O4. The highest BCUT2D eigenvalue weighted by Gasteiger charge is 2.53. The van der Waals surface area contributed by atoms with Crippen LogP contribution in [0.1, 0.15) is 107 Å². The average Bonchev–Trinajstić information content (AvgIpc) is 3.25. The normalized spacial score (nSPS) is 29.0. The molecule has 6 unspecified atom stereocenters. The minimum Gasteiger partial charge on any atom is -0.462 e. The fourth-order valence-electron chi connectivity index (χ4n) is 6.06. The Bertz CT molecular complexity index is 596. The van der Waals surface area contributed by atoms with Gasteiger partial charge >= 0.3 is 11.9 Å². The van der Waals surface area contributed by atoms with Crippen molar-refractivity contribution < 1.29 is 19.1 Å². The summed E-state index contributed by atoms with van der Waals surface area (Å²) in [5.74, 6) is 1.12. The summed E-state index contributed by atoms with van der Waals surface area (Å²) in [6, 6.07) is 0. The minimum absolute atomic E-state index is 0.0803. The summed E-state index contributed by atoms with van der Waals surface area (Å²) in [7, 11) is 0. The van der Waals surface area contributed by atoms with E-state index in [2.05, 4.69) is 48.5 Å². The minimum atomic E-state index is -0.450. The molecule has 0 aromatic heterocycles. The van der Waals surface area contributed by atoms with Crippen LogP contribution in [0.3, 0.4) is 0 Å². The van der Waals surface area contributed by atoms with E-state index in [0.717, 1.165) is 51.4 Å². The number of hydrogen-bond acceptors (Lipinski definition) is 4. The highest BCUT2D eigenvalue weighted by Crippen LogP contribution is 2.51. The Morgan fingerprint density at radius 1 is 1.03 bits per heavy atom. The second-order valence-corrected chi connectivity index (χ2v) is 11.2. The molecule has 4 heteroatoms. The van der Waals surface area contributed by atoms with E-state index in [1.165, 1.54) is 0 Å². The van der Waals surface area contributed by atoms with Crippen molar-refractivity contribution in [3.05, 3.63) is 0 Å². The Balaban J connectivity index is 2.03. The molecule has 0 N–H and O–H groups in total. The number of carbonyl (C=O) groups excluding carboxylic acids is 2. The number of hydrogen-bond donors (Lipinski definition) is 0. The van der Waals surface area contributed by atoms with Gasteiger partial charge in [-0.25, -0.2) is 0 Å². The molecule has 2 aliphatic carbocycles. The summed E-state index contributed by atoms with van der Waals surface area (Å²) in [5, 5.41) is 0. The summed E-state index contributed by atoms with van der Waals surface area (Å²) >= 11 is 0. The molecule has 2 saturated carbocycles. The van der Waals surface area contributed by atoms with Gasteiger partial charge in [-0.2, -0.15) is 0 Å². The first-order chi connectivity index (χ1) is 14.0. The lowest BCUT2D eigenvalue weighted by Crippen LogP contribution is -2.42. The predicted molar refractivity (Wildman–Crippen MR) is 121 cm³/mol. The van der Waals surface area contributed by atoms with Crippen molar-refractivity contribution in [3.63, 3.8) is 0 Å². The van der Waals surface area contributed by atoms with Gasteiger partial charge in [0.25, 0.3) is 0 Å². The van der Waals surface area contributed by atoms with E-state index < -0.39 is 11.0 Å². The van der Waals surface area contributed by atoms with Gasteiger partial charge in [0.1, 0.15) is 11.7 Å². The SMILES string of the molecule is CCCC(CC)C(C)(C)OC(=O)C1CC2CC(OC(=O)C(C)(CC)CC(C)C)C1C2. The van der Waals surface area contributed by atoms with E-state index >= 15 is 0 Å². The van der Waals surface area contributed by atoms with Crippen LogP contribution in [0.5, 0.6) is 0 Å². The zero-order valence-electron chi connectivity index (χ0n) is 20.8. The van der Waals surface area contributed by atoms with Crippen LogP contribution in [0.15, 0.2) is 0 Å². The Kier molecular flexibility index (Phi) is 8.43. The molecule has 0 radical (unpaired) electrons. The van der Waals surface area contributed by atoms with E-state index in [-0.39, 0.29) is 29.9 Å². The molecule has 0 saturated heterocycles. The van der Waals surface area contributed by atoms with Gasteiger partial charge in [0.15, 0.2) is 0 Å². The third-order valence-electron chi connectivity index (χ3n) is 7.92. The van der Waals surface area contributed by atoms with Crippen molar-refractivity contribution >= 4 is 11.9 Å². The molecule has 30 heavy (non-hydrogen) atoms. The highest BCUT2D eigenvalue weighted by atomic mass is 16.6. The second-order valence-electron chi connectivity index (χ2n) is 11.2. The summed E-state index contributed by atoms with van der Waals surface area (Å²) in [6.45, 7) is 16.8. The van der Waals surface area contributed by atoms with Crippen molar-refractivity contribution in [3.8, 4) is 0 Å². The molecule has 2 rings (SSSR count). The lowest BCUT2D eigenvalue weighted by Gasteiger charge is -2.37. The number of carbonyl (C=O) groups is 2. The maximum absolute atomic E-state index is 13.1. The predicted octanol–water partition coefficient (Wildman–Crippen LogP) is 6.55. The first kappa shape index (κ1) is 25.2. The van der Waals surface area contributed by atoms with Gasteiger partial charge in [-0.15, -0.1) is 0 Å². The molecule has 4 nitrogen and oxygen atoms in total. The van der Waals surface area contributed by atoms with Gasteiger partial charge in [-0.3, -0.25) is 9.59 Å². The molecule has 2 aliphatic rings. The maximum Gasteiger partial charge on any atom is 0.312 e. The van der Waals surface area contributed by atoms with Gasteiger partial charge in [0.05, 0.1) is 11.3 Å². The molecule has 0 aliphatic heterocycles. The average molecular weight is 423 g/mol. The first-order valence-electron chi connectivity index (χ1n) is 12.4. The van der Waals surface area contributed by atoms with Gasteiger partial charge < -0.3 is 9.47 Å². The molecule has 6 atom stereocenters. The van der Waals surface area contributed by atoms with E-state index in [4.69, 9.17) is 9.47 Å². The first-order valence-corrected chi connectivity index (χ1v) is 12.4. The van der Waals surface area contributed by atoms with Crippen LogP contribution in [-0.4, -0.2) is 23.6 Å². The van der Waals surface area contributed by atoms with Crippen LogP contribution in [-0.2, 0) is 19.1 Å². The Labute approximate surface area is 184 Å². The van der Waals surface area contributed by atoms with Crippen LogP contribution < -0.4 is 0 Å². The van der Waals surface area contributed by atoms with Crippen LogP contribution >= 0.6 is 0 Å². The van der Waals surface area contributed by atoms with E-state index in [0.29, 0.717) is 17.8 Å². The molecule has 0 spiro atoms. The maximum atomic E-state index is 13.1. The second kappa shape index (κ2) is 10.0. The van der Waals surface area contributed by atoms with Gasteiger partial charge in [-0.05, 0) is 83.5 Å². The van der Waals surface area contributed by atoms with Crippen LogP contribution in [0.4, 0.5) is 0 Å². The number of fused-ring (bicyclic) bond motifs is 2. The van der Waals surface area contributed by atoms with E-state index in [1.807, 2.05) is 6.92 Å². The lowest BCUT2D eigenvalue weighted by molar-refractivity contribution is -0.177. The van der Waals surface area contributed by atoms with Gasteiger partial charge in [0.2, 0.25) is 0 Å². The van der Waals surface area contributed by atoms with Crippen molar-refractivity contribution in [1.29, 1.82) is 0 Å².